The minimum Gasteiger partial charge on any atom is -0.496 e. The standard InChI is InChI=1S/C24H22ClFN4O4/c1-33-22-11-19-14(9-15(22)23(31)29-20-10-17(20)26)21(6-7-27-19)34-13-4-5-18(16(25)8-13)30-24(32)28-12-2-3-12/h4-9,11-12,17,20H,2-3,10H2,1H3,(H,29,31)(H2,28,30,32)/t17-,20+/m0/s1. The number of nitrogens with zero attached hydrogens (tertiary/aromatic N) is 1. The largest absolute Gasteiger partial charge is 0.496 e. The summed E-state index contributed by atoms with van der Waals surface area (Å²) in [4.78, 5) is 29.0. The van der Waals surface area contributed by atoms with Crippen molar-refractivity contribution in [1.82, 2.24) is 15.6 Å². The van der Waals surface area contributed by atoms with E-state index in [0.717, 1.165) is 12.8 Å². The molecule has 0 saturated heterocycles. The molecule has 2 atom stereocenters. The Morgan fingerprint density at radius 1 is 1.12 bits per heavy atom. The number of alkyl halides is 1. The van der Waals surface area contributed by atoms with Crippen molar-refractivity contribution in [3.05, 3.63) is 53.2 Å². The van der Waals surface area contributed by atoms with Crippen molar-refractivity contribution in [1.29, 1.82) is 0 Å². The molecule has 0 radical (unpaired) electrons. The van der Waals surface area contributed by atoms with E-state index in [0.29, 0.717) is 45.3 Å². The Labute approximate surface area is 199 Å². The van der Waals surface area contributed by atoms with Crippen molar-refractivity contribution < 1.29 is 23.5 Å². The van der Waals surface area contributed by atoms with Gasteiger partial charge in [-0.05, 0) is 37.1 Å². The summed E-state index contributed by atoms with van der Waals surface area (Å²) in [5.41, 5.74) is 1.27. The zero-order valence-electron chi connectivity index (χ0n) is 18.2. The molecule has 0 bridgehead atoms. The molecule has 3 aromatic rings. The molecule has 0 aliphatic heterocycles. The Hall–Kier alpha value is -3.59. The van der Waals surface area contributed by atoms with Gasteiger partial charge in [0.05, 0.1) is 34.9 Å². The molecule has 0 unspecified atom stereocenters. The van der Waals surface area contributed by atoms with E-state index < -0.39 is 18.1 Å². The molecule has 8 nitrogen and oxygen atoms in total. The molecule has 3 N–H and O–H groups in total. The van der Waals surface area contributed by atoms with Crippen LogP contribution in [0.1, 0.15) is 29.6 Å². The lowest BCUT2D eigenvalue weighted by Crippen LogP contribution is -2.30. The fraction of sp³-hybridized carbons (Fsp3) is 0.292. The van der Waals surface area contributed by atoms with E-state index in [1.54, 1.807) is 42.6 Å². The molecule has 2 aromatic carbocycles. The number of carbonyl (C=O) groups excluding carboxylic acids is 2. The number of aromatic nitrogens is 1. The second-order valence-electron chi connectivity index (χ2n) is 8.33. The molecule has 2 aliphatic carbocycles. The third-order valence-electron chi connectivity index (χ3n) is 5.63. The average molecular weight is 485 g/mol. The first-order valence-electron chi connectivity index (χ1n) is 10.9. The highest BCUT2D eigenvalue weighted by atomic mass is 35.5. The quantitative estimate of drug-likeness (QED) is 0.446. The Morgan fingerprint density at radius 3 is 2.59 bits per heavy atom. The Balaban J connectivity index is 1.39. The lowest BCUT2D eigenvalue weighted by molar-refractivity contribution is 0.0944. The first-order valence-corrected chi connectivity index (χ1v) is 11.3. The van der Waals surface area contributed by atoms with Gasteiger partial charge in [-0.1, -0.05) is 11.6 Å². The van der Waals surface area contributed by atoms with Crippen molar-refractivity contribution in [2.75, 3.05) is 12.4 Å². The molecule has 2 aliphatic rings. The number of ether oxygens (including phenoxy) is 2. The number of anilines is 1. The zero-order valence-corrected chi connectivity index (χ0v) is 19.0. The molecule has 3 amide bonds. The summed E-state index contributed by atoms with van der Waals surface area (Å²) in [5.74, 6) is 0.778. The minimum atomic E-state index is -1.02. The van der Waals surface area contributed by atoms with Crippen molar-refractivity contribution in [3.8, 4) is 17.2 Å². The fourth-order valence-corrected chi connectivity index (χ4v) is 3.72. The van der Waals surface area contributed by atoms with Gasteiger partial charge in [-0.15, -0.1) is 0 Å². The number of methoxy groups -OCH3 is 1. The molecule has 2 fully saturated rings. The monoisotopic (exact) mass is 484 g/mol. The molecular weight excluding hydrogens is 463 g/mol. The first kappa shape index (κ1) is 22.2. The second kappa shape index (κ2) is 8.98. The van der Waals surface area contributed by atoms with Gasteiger partial charge < -0.3 is 25.4 Å². The van der Waals surface area contributed by atoms with Crippen molar-refractivity contribution in [3.63, 3.8) is 0 Å². The molecule has 5 rings (SSSR count). The van der Waals surface area contributed by atoms with Crippen LogP contribution >= 0.6 is 11.6 Å². The van der Waals surface area contributed by atoms with Crippen LogP contribution in [0.25, 0.3) is 10.9 Å². The molecule has 0 spiro atoms. The van der Waals surface area contributed by atoms with Crippen molar-refractivity contribution in [2.24, 2.45) is 0 Å². The van der Waals surface area contributed by atoms with E-state index in [-0.39, 0.29) is 17.6 Å². The predicted octanol–water partition coefficient (Wildman–Crippen LogP) is 4.81. The van der Waals surface area contributed by atoms with Crippen molar-refractivity contribution in [2.45, 2.75) is 37.5 Å². The highest BCUT2D eigenvalue weighted by molar-refractivity contribution is 6.33. The van der Waals surface area contributed by atoms with Crippen LogP contribution in [0.3, 0.4) is 0 Å². The van der Waals surface area contributed by atoms with E-state index in [1.165, 1.54) is 7.11 Å². The molecular formula is C24H22ClFN4O4. The van der Waals surface area contributed by atoms with Crippen LogP contribution in [-0.2, 0) is 0 Å². The third kappa shape index (κ3) is 4.84. The summed E-state index contributed by atoms with van der Waals surface area (Å²) in [6, 6.07) is 9.28. The van der Waals surface area contributed by atoms with Crippen molar-refractivity contribution >= 4 is 40.1 Å². The maximum Gasteiger partial charge on any atom is 0.319 e. The summed E-state index contributed by atoms with van der Waals surface area (Å²) in [6.07, 6.45) is 2.85. The van der Waals surface area contributed by atoms with Gasteiger partial charge in [0.25, 0.3) is 5.91 Å². The van der Waals surface area contributed by atoms with Gasteiger partial charge in [-0.25, -0.2) is 9.18 Å². The first-order chi connectivity index (χ1) is 16.4. The highest BCUT2D eigenvalue weighted by Crippen LogP contribution is 2.36. The maximum atomic E-state index is 13.3. The fourth-order valence-electron chi connectivity index (χ4n) is 3.50. The molecule has 1 aromatic heterocycles. The predicted molar refractivity (Wildman–Crippen MR) is 126 cm³/mol. The topological polar surface area (TPSA) is 102 Å². The van der Waals surface area contributed by atoms with Crippen LogP contribution in [0.15, 0.2) is 42.6 Å². The van der Waals surface area contributed by atoms with Crippen LogP contribution in [-0.4, -0.2) is 42.3 Å². The van der Waals surface area contributed by atoms with Gasteiger partial charge in [0.15, 0.2) is 0 Å². The zero-order chi connectivity index (χ0) is 23.8. The van der Waals surface area contributed by atoms with Gasteiger partial charge in [0.1, 0.15) is 23.4 Å². The van der Waals surface area contributed by atoms with Crippen LogP contribution in [0.4, 0.5) is 14.9 Å². The average Bonchev–Trinajstić information content (AvgIpc) is 3.74. The molecule has 176 valence electrons. The Morgan fingerprint density at radius 2 is 1.91 bits per heavy atom. The number of pyridine rings is 1. The third-order valence-corrected chi connectivity index (χ3v) is 5.94. The van der Waals surface area contributed by atoms with Gasteiger partial charge in [0, 0.05) is 36.2 Å². The van der Waals surface area contributed by atoms with Gasteiger partial charge in [-0.2, -0.15) is 0 Å². The number of carbonyl (C=O) groups is 2. The van der Waals surface area contributed by atoms with Crippen LogP contribution in [0.5, 0.6) is 17.2 Å². The Bertz CT molecular complexity index is 1280. The summed E-state index contributed by atoms with van der Waals surface area (Å²) in [7, 11) is 1.45. The number of fused-ring (bicyclic) bond motifs is 1. The normalized spacial score (nSPS) is 18.8. The van der Waals surface area contributed by atoms with Crippen LogP contribution in [0.2, 0.25) is 5.02 Å². The summed E-state index contributed by atoms with van der Waals surface area (Å²) < 4.78 is 24.7. The number of nitrogens with one attached hydrogen (secondary N) is 3. The van der Waals surface area contributed by atoms with E-state index >= 15 is 0 Å². The van der Waals surface area contributed by atoms with Gasteiger partial charge >= 0.3 is 6.03 Å². The number of urea groups is 1. The smallest absolute Gasteiger partial charge is 0.319 e. The number of hydrogen-bond acceptors (Lipinski definition) is 5. The lowest BCUT2D eigenvalue weighted by atomic mass is 10.1. The summed E-state index contributed by atoms with van der Waals surface area (Å²) in [5, 5.41) is 9.11. The van der Waals surface area contributed by atoms with E-state index in [4.69, 9.17) is 21.1 Å². The van der Waals surface area contributed by atoms with E-state index in [2.05, 4.69) is 20.9 Å². The number of amides is 3. The number of hydrogen-bond donors (Lipinski definition) is 3. The van der Waals surface area contributed by atoms with Crippen LogP contribution < -0.4 is 25.4 Å². The van der Waals surface area contributed by atoms with Crippen LogP contribution in [0, 0.1) is 0 Å². The van der Waals surface area contributed by atoms with Gasteiger partial charge in [0.2, 0.25) is 0 Å². The highest BCUT2D eigenvalue weighted by Gasteiger charge is 2.39. The molecule has 1 heterocycles. The number of rotatable bonds is 7. The second-order valence-corrected chi connectivity index (χ2v) is 8.73. The molecule has 10 heteroatoms. The maximum absolute atomic E-state index is 13.3. The van der Waals surface area contributed by atoms with E-state index in [1.807, 2.05) is 0 Å². The lowest BCUT2D eigenvalue weighted by Gasteiger charge is -2.14. The SMILES string of the molecule is COc1cc2nccc(Oc3ccc(NC(=O)NC4CC4)c(Cl)c3)c2cc1C(=O)N[C@@H]1C[C@@H]1F. The van der Waals surface area contributed by atoms with Gasteiger partial charge in [-0.3, -0.25) is 9.78 Å². The minimum absolute atomic E-state index is 0.231. The number of halogens is 2. The van der Waals surface area contributed by atoms with E-state index in [9.17, 15) is 14.0 Å². The molecule has 2 saturated carbocycles. The summed E-state index contributed by atoms with van der Waals surface area (Å²) >= 11 is 6.35. The Kier molecular flexibility index (Phi) is 5.87. The molecule has 34 heavy (non-hydrogen) atoms. The number of benzene rings is 2. The summed E-state index contributed by atoms with van der Waals surface area (Å²) in [6.45, 7) is 0.